The molecule has 0 spiro atoms. The van der Waals surface area contributed by atoms with E-state index in [1.54, 1.807) is 25.4 Å². The van der Waals surface area contributed by atoms with Gasteiger partial charge in [-0.2, -0.15) is 0 Å². The minimum Gasteiger partial charge on any atom is -0.361 e. The molecule has 1 aliphatic rings. The summed E-state index contributed by atoms with van der Waals surface area (Å²) < 4.78 is 35.1. The highest BCUT2D eigenvalue weighted by Gasteiger charge is 2.31. The number of likely N-dealkylation sites (tertiary alicyclic amines) is 1. The second kappa shape index (κ2) is 9.20. The summed E-state index contributed by atoms with van der Waals surface area (Å²) in [7, 11) is 1.71. The second-order valence-electron chi connectivity index (χ2n) is 9.80. The quantitative estimate of drug-likeness (QED) is 0.268. The summed E-state index contributed by atoms with van der Waals surface area (Å²) in [6, 6.07) is 16.2. The Bertz CT molecular complexity index is 1730. The maximum Gasteiger partial charge on any atom is 0.254 e. The highest BCUT2D eigenvalue weighted by Crippen LogP contribution is 2.38. The van der Waals surface area contributed by atoms with E-state index in [0.29, 0.717) is 17.9 Å². The molecule has 1 saturated heterocycles. The SMILES string of the molecule is CN=Cc1cc(-c2c(C)noc2C)cc2c1c1cc(C(=O)N3CC(F)C3)ccc1n2Cc1cccc(F)c1. The maximum absolute atomic E-state index is 14.1. The first-order chi connectivity index (χ1) is 18.3. The molecular weight excluding hydrogens is 486 g/mol. The third-order valence-corrected chi connectivity index (χ3v) is 7.19. The summed E-state index contributed by atoms with van der Waals surface area (Å²) in [5.74, 6) is 0.222. The lowest BCUT2D eigenvalue weighted by atomic mass is 9.97. The van der Waals surface area contributed by atoms with Crippen molar-refractivity contribution < 1.29 is 18.1 Å². The molecular formula is C30H26F2N4O2. The summed E-state index contributed by atoms with van der Waals surface area (Å²) in [6.07, 6.45) is 0.833. The van der Waals surface area contributed by atoms with Crippen LogP contribution in [-0.2, 0) is 6.54 Å². The molecule has 0 aliphatic carbocycles. The fraction of sp³-hybridized carbons (Fsp3) is 0.233. The minimum absolute atomic E-state index is 0.118. The number of benzene rings is 3. The normalized spacial score (nSPS) is 14.2. The van der Waals surface area contributed by atoms with Crippen molar-refractivity contribution >= 4 is 33.9 Å². The Kier molecular flexibility index (Phi) is 5.82. The van der Waals surface area contributed by atoms with Gasteiger partial charge in [-0.15, -0.1) is 0 Å². The smallest absolute Gasteiger partial charge is 0.254 e. The first-order valence-electron chi connectivity index (χ1n) is 12.5. The molecule has 8 heteroatoms. The minimum atomic E-state index is -0.967. The fourth-order valence-electron chi connectivity index (χ4n) is 5.43. The van der Waals surface area contributed by atoms with Gasteiger partial charge in [0.25, 0.3) is 5.91 Å². The molecule has 38 heavy (non-hydrogen) atoms. The number of hydrogen-bond donors (Lipinski definition) is 0. The third kappa shape index (κ3) is 3.97. The van der Waals surface area contributed by atoms with E-state index in [4.69, 9.17) is 4.52 Å². The molecule has 1 fully saturated rings. The molecule has 0 bridgehead atoms. The summed E-state index contributed by atoms with van der Waals surface area (Å²) in [5.41, 5.74) is 6.62. The van der Waals surface area contributed by atoms with E-state index >= 15 is 0 Å². The summed E-state index contributed by atoms with van der Waals surface area (Å²) in [5, 5.41) is 5.94. The van der Waals surface area contributed by atoms with Crippen molar-refractivity contribution in [2.24, 2.45) is 4.99 Å². The van der Waals surface area contributed by atoms with Gasteiger partial charge in [0, 0.05) is 52.8 Å². The Labute approximate surface area is 218 Å². The number of halogens is 2. The van der Waals surface area contributed by atoms with Gasteiger partial charge in [-0.05, 0) is 67.4 Å². The zero-order chi connectivity index (χ0) is 26.6. The van der Waals surface area contributed by atoms with Crippen LogP contribution in [-0.4, -0.2) is 53.1 Å². The number of aryl methyl sites for hydroxylation is 2. The van der Waals surface area contributed by atoms with E-state index in [0.717, 1.165) is 49.8 Å². The van der Waals surface area contributed by atoms with Gasteiger partial charge in [-0.25, -0.2) is 8.78 Å². The van der Waals surface area contributed by atoms with Gasteiger partial charge in [-0.3, -0.25) is 9.79 Å². The summed E-state index contributed by atoms with van der Waals surface area (Å²) >= 11 is 0. The number of nitrogens with zero attached hydrogens (tertiary/aromatic N) is 4. The van der Waals surface area contributed by atoms with Gasteiger partial charge in [0.15, 0.2) is 0 Å². The van der Waals surface area contributed by atoms with Crippen molar-refractivity contribution in [1.82, 2.24) is 14.6 Å². The van der Waals surface area contributed by atoms with E-state index in [9.17, 15) is 13.6 Å². The topological polar surface area (TPSA) is 63.6 Å². The molecule has 192 valence electrons. The average Bonchev–Trinajstić information content (AvgIpc) is 3.37. The number of aliphatic imine (C=N–C) groups is 1. The number of carbonyl (C=O) groups is 1. The lowest BCUT2D eigenvalue weighted by molar-refractivity contribution is 0.0400. The first kappa shape index (κ1) is 24.0. The van der Waals surface area contributed by atoms with Crippen LogP contribution in [0.15, 0.2) is 64.1 Å². The molecule has 0 unspecified atom stereocenters. The Morgan fingerprint density at radius 3 is 2.63 bits per heavy atom. The van der Waals surface area contributed by atoms with Gasteiger partial charge in [0.2, 0.25) is 0 Å². The van der Waals surface area contributed by atoms with Crippen LogP contribution in [0.1, 0.15) is 32.9 Å². The number of rotatable bonds is 5. The van der Waals surface area contributed by atoms with Crippen molar-refractivity contribution in [3.05, 3.63) is 88.6 Å². The van der Waals surface area contributed by atoms with Gasteiger partial charge in [0.1, 0.15) is 17.7 Å². The van der Waals surface area contributed by atoms with Crippen LogP contribution in [0.25, 0.3) is 32.9 Å². The Morgan fingerprint density at radius 1 is 1.13 bits per heavy atom. The molecule has 0 N–H and O–H groups in total. The Balaban J connectivity index is 1.63. The van der Waals surface area contributed by atoms with E-state index in [2.05, 4.69) is 20.8 Å². The molecule has 5 aromatic rings. The predicted molar refractivity (Wildman–Crippen MR) is 144 cm³/mol. The molecule has 6 nitrogen and oxygen atoms in total. The van der Waals surface area contributed by atoms with Gasteiger partial charge >= 0.3 is 0 Å². The standard InChI is InChI=1S/C30H26F2N4O2/c1-17-28(18(2)38-34-17)21-10-22(13-33-3)29-25-11-20(30(37)35-15-24(32)16-35)7-8-26(25)36(27(29)12-21)14-19-5-4-6-23(31)9-19/h4-13,24H,14-16H2,1-3H3. The van der Waals surface area contributed by atoms with Crippen LogP contribution in [0.4, 0.5) is 8.78 Å². The Hall–Kier alpha value is -4.33. The highest BCUT2D eigenvalue weighted by atomic mass is 19.1. The average molecular weight is 513 g/mol. The lowest BCUT2D eigenvalue weighted by Crippen LogP contribution is -2.51. The first-order valence-corrected chi connectivity index (χ1v) is 12.5. The molecule has 6 rings (SSSR count). The van der Waals surface area contributed by atoms with E-state index in [1.807, 2.05) is 38.1 Å². The highest BCUT2D eigenvalue weighted by molar-refractivity contribution is 6.17. The molecule has 3 aromatic carbocycles. The Morgan fingerprint density at radius 2 is 1.95 bits per heavy atom. The van der Waals surface area contributed by atoms with Crippen LogP contribution >= 0.6 is 0 Å². The molecule has 1 aliphatic heterocycles. The summed E-state index contributed by atoms with van der Waals surface area (Å²) in [6.45, 7) is 4.45. The van der Waals surface area contributed by atoms with Crippen LogP contribution in [0.5, 0.6) is 0 Å². The number of carbonyl (C=O) groups excluding carboxylic acids is 1. The van der Waals surface area contributed by atoms with Crippen molar-refractivity contribution in [3.8, 4) is 11.1 Å². The molecule has 1 amide bonds. The van der Waals surface area contributed by atoms with Crippen molar-refractivity contribution in [2.75, 3.05) is 20.1 Å². The van der Waals surface area contributed by atoms with Crippen LogP contribution in [0.3, 0.4) is 0 Å². The number of alkyl halides is 1. The van der Waals surface area contributed by atoms with Gasteiger partial charge in [0.05, 0.1) is 24.3 Å². The van der Waals surface area contributed by atoms with E-state index in [1.165, 1.54) is 17.0 Å². The third-order valence-electron chi connectivity index (χ3n) is 7.19. The van der Waals surface area contributed by atoms with Crippen LogP contribution < -0.4 is 0 Å². The number of aromatic nitrogens is 2. The second-order valence-corrected chi connectivity index (χ2v) is 9.80. The van der Waals surface area contributed by atoms with Crippen molar-refractivity contribution in [1.29, 1.82) is 0 Å². The molecule has 0 radical (unpaired) electrons. The van der Waals surface area contributed by atoms with Crippen molar-refractivity contribution in [2.45, 2.75) is 26.6 Å². The van der Waals surface area contributed by atoms with E-state index < -0.39 is 6.17 Å². The van der Waals surface area contributed by atoms with E-state index in [-0.39, 0.29) is 24.8 Å². The lowest BCUT2D eigenvalue weighted by Gasteiger charge is -2.34. The zero-order valence-electron chi connectivity index (χ0n) is 21.3. The molecule has 0 saturated carbocycles. The number of hydrogen-bond acceptors (Lipinski definition) is 4. The summed E-state index contributed by atoms with van der Waals surface area (Å²) in [4.78, 5) is 18.9. The number of fused-ring (bicyclic) bond motifs is 3. The fourth-order valence-corrected chi connectivity index (χ4v) is 5.43. The van der Waals surface area contributed by atoms with Crippen molar-refractivity contribution in [3.63, 3.8) is 0 Å². The zero-order valence-corrected chi connectivity index (χ0v) is 21.3. The monoisotopic (exact) mass is 512 g/mol. The molecule has 0 atom stereocenters. The van der Waals surface area contributed by atoms with Gasteiger partial charge in [-0.1, -0.05) is 17.3 Å². The predicted octanol–water partition coefficient (Wildman–Crippen LogP) is 6.10. The molecule has 3 heterocycles. The van der Waals surface area contributed by atoms with Gasteiger partial charge < -0.3 is 14.0 Å². The number of amides is 1. The van der Waals surface area contributed by atoms with Crippen LogP contribution in [0.2, 0.25) is 0 Å². The van der Waals surface area contributed by atoms with Crippen LogP contribution in [0, 0.1) is 19.7 Å². The largest absolute Gasteiger partial charge is 0.361 e. The maximum atomic E-state index is 14.1. The molecule has 2 aromatic heterocycles.